The second kappa shape index (κ2) is 4.03. The molecule has 0 atom stereocenters. The van der Waals surface area contributed by atoms with E-state index in [2.05, 4.69) is 0 Å². The van der Waals surface area contributed by atoms with E-state index in [0.29, 0.717) is 0 Å². The molecule has 4 heteroatoms. The molecule has 52 valence electrons. The van der Waals surface area contributed by atoms with E-state index in [1.165, 1.54) is 0 Å². The lowest BCUT2D eigenvalue weighted by Crippen LogP contribution is -2.14. The molecule has 0 aliphatic heterocycles. The summed E-state index contributed by atoms with van der Waals surface area (Å²) in [6, 6.07) is 0. The maximum Gasteiger partial charge on any atom is 0.303 e. The minimum atomic E-state index is -0.961. The zero-order chi connectivity index (χ0) is 7.28. The van der Waals surface area contributed by atoms with Crippen molar-refractivity contribution in [3.8, 4) is 0 Å². The molecule has 0 aromatic heterocycles. The average molecular weight is 135 g/mol. The number of Topliss-reactive ketones (excluding diaryl/α,β-unsaturated/α-hetero) is 1. The number of carbonyl (C=O) groups excluding carboxylic acids is 1. The quantitative estimate of drug-likeness (QED) is 0.503. The van der Waals surface area contributed by atoms with Crippen LogP contribution in [0.15, 0.2) is 0 Å². The highest BCUT2D eigenvalue weighted by atomic mass is 16.4. The van der Waals surface area contributed by atoms with Gasteiger partial charge in [0.05, 0.1) is 13.0 Å². The molecule has 0 saturated carbocycles. The highest BCUT2D eigenvalue weighted by molar-refractivity contribution is 5.83. The van der Waals surface area contributed by atoms with E-state index in [1.54, 1.807) is 0 Å². The first-order valence-electron chi connectivity index (χ1n) is 2.60. The van der Waals surface area contributed by atoms with Crippen LogP contribution in [-0.4, -0.2) is 23.4 Å². The molecule has 9 heavy (non-hydrogen) atoms. The van der Waals surface area contributed by atoms with E-state index in [4.69, 9.17) is 10.8 Å². The fourth-order valence-corrected chi connectivity index (χ4v) is 0.348. The van der Waals surface area contributed by atoms with Gasteiger partial charge in [0.15, 0.2) is 0 Å². The Balaban J connectivity index is 3.28. The van der Waals surface area contributed by atoms with Crippen molar-refractivity contribution in [2.45, 2.75) is 12.8 Å². The number of aliphatic carboxylic acids is 1. The number of nitrogens with two attached hydrogens (primary N) is 1. The van der Waals surface area contributed by atoms with Crippen LogP contribution in [0.3, 0.4) is 0 Å². The minimum absolute atomic E-state index is 0.0475. The zero-order valence-electron chi connectivity index (χ0n) is 4.96. The SMILES string of the molecule is N[13CH2][13C](=O)[13CH2][13CH2]C(=O)O. The Morgan fingerprint density at radius 1 is 1.33 bits per heavy atom. The third-order valence-electron chi connectivity index (χ3n) is 0.845. The van der Waals surface area contributed by atoms with Crippen LogP contribution < -0.4 is 5.73 Å². The summed E-state index contributed by atoms with van der Waals surface area (Å²) in [6.07, 6.45) is -0.0676. The molecule has 3 N–H and O–H groups in total. The molecule has 0 aliphatic rings. The molecule has 0 saturated heterocycles. The van der Waals surface area contributed by atoms with Crippen LogP contribution in [0.2, 0.25) is 0 Å². The third kappa shape index (κ3) is 4.96. The highest BCUT2D eigenvalue weighted by Crippen LogP contribution is 1.87. The van der Waals surface area contributed by atoms with Crippen molar-refractivity contribution in [2.24, 2.45) is 5.73 Å². The minimum Gasteiger partial charge on any atom is -0.481 e. The highest BCUT2D eigenvalue weighted by Gasteiger charge is 2.01. The number of carboxylic acids is 1. The zero-order valence-corrected chi connectivity index (χ0v) is 4.96. The van der Waals surface area contributed by atoms with Crippen LogP contribution >= 0.6 is 0 Å². The Labute approximate surface area is 52.7 Å². The second-order valence-electron chi connectivity index (χ2n) is 1.64. The van der Waals surface area contributed by atoms with Crippen LogP contribution in [0.5, 0.6) is 0 Å². The van der Waals surface area contributed by atoms with Gasteiger partial charge in [-0.25, -0.2) is 0 Å². The normalized spacial score (nSPS) is 9.00. The van der Waals surface area contributed by atoms with Gasteiger partial charge in [0, 0.05) is 6.42 Å². The second-order valence-corrected chi connectivity index (χ2v) is 1.64. The summed E-state index contributed by atoms with van der Waals surface area (Å²) in [5.74, 6) is -1.17. The van der Waals surface area contributed by atoms with Crippen molar-refractivity contribution in [1.29, 1.82) is 0 Å². The van der Waals surface area contributed by atoms with Gasteiger partial charge in [0.2, 0.25) is 0 Å². The predicted molar refractivity (Wildman–Crippen MR) is 30.9 cm³/mol. The van der Waals surface area contributed by atoms with Gasteiger partial charge < -0.3 is 10.8 Å². The lowest BCUT2D eigenvalue weighted by atomic mass is 10.9. The molecule has 0 rings (SSSR count). The molecule has 0 aliphatic carbocycles. The van der Waals surface area contributed by atoms with Gasteiger partial charge in [-0.05, 0) is 0 Å². The van der Waals surface area contributed by atoms with E-state index in [1.807, 2.05) is 0 Å². The average Bonchev–Trinajstić information content (AvgIpc) is 1.83. The molecule has 0 radical (unpaired) electrons. The molecule has 0 bridgehead atoms. The molecule has 0 fully saturated rings. The maximum atomic E-state index is 10.3. The Morgan fingerprint density at radius 2 is 1.89 bits per heavy atom. The molecule has 0 amide bonds. The first-order chi connectivity index (χ1) is 4.16. The Kier molecular flexibility index (Phi) is 3.62. The fraction of sp³-hybridized carbons (Fsp3) is 0.600. The smallest absolute Gasteiger partial charge is 0.303 e. The van der Waals surface area contributed by atoms with Gasteiger partial charge in [-0.2, -0.15) is 0 Å². The third-order valence-corrected chi connectivity index (χ3v) is 0.845. The summed E-state index contributed by atoms with van der Waals surface area (Å²) in [6.45, 7) is -0.0622. The van der Waals surface area contributed by atoms with E-state index in [9.17, 15) is 9.59 Å². The molecule has 0 unspecified atom stereocenters. The lowest BCUT2D eigenvalue weighted by Gasteiger charge is -1.90. The first kappa shape index (κ1) is 8.10. The number of carboxylic acid groups (broad SMARTS) is 1. The Bertz CT molecular complexity index is 121. The Hall–Kier alpha value is -0.900. The summed E-state index contributed by atoms with van der Waals surface area (Å²) in [5, 5.41) is 8.06. The van der Waals surface area contributed by atoms with Gasteiger partial charge in [0.1, 0.15) is 5.78 Å². The molecule has 0 heterocycles. The summed E-state index contributed by atoms with van der Waals surface area (Å²) < 4.78 is 0. The van der Waals surface area contributed by atoms with Crippen LogP contribution in [0, 0.1) is 0 Å². The van der Waals surface area contributed by atoms with Crippen molar-refractivity contribution in [2.75, 3.05) is 6.54 Å². The number of rotatable bonds is 4. The number of hydrogen-bond acceptors (Lipinski definition) is 3. The van der Waals surface area contributed by atoms with Crippen LogP contribution in [0.1, 0.15) is 12.8 Å². The van der Waals surface area contributed by atoms with Crippen molar-refractivity contribution in [3.63, 3.8) is 0 Å². The van der Waals surface area contributed by atoms with Gasteiger partial charge in [-0.1, -0.05) is 0 Å². The lowest BCUT2D eigenvalue weighted by molar-refractivity contribution is -0.138. The molecule has 0 aromatic carbocycles. The Morgan fingerprint density at radius 3 is 2.22 bits per heavy atom. The largest absolute Gasteiger partial charge is 0.481 e. The van der Waals surface area contributed by atoms with E-state index >= 15 is 0 Å². The van der Waals surface area contributed by atoms with E-state index in [-0.39, 0.29) is 25.2 Å². The van der Waals surface area contributed by atoms with Crippen LogP contribution in [0.4, 0.5) is 0 Å². The summed E-state index contributed by atoms with van der Waals surface area (Å²) in [5.41, 5.74) is 4.92. The molecule has 4 nitrogen and oxygen atoms in total. The van der Waals surface area contributed by atoms with Crippen LogP contribution in [0.25, 0.3) is 0 Å². The number of carbonyl (C=O) groups is 2. The van der Waals surface area contributed by atoms with Crippen LogP contribution in [-0.2, 0) is 9.59 Å². The fourth-order valence-electron chi connectivity index (χ4n) is 0.348. The molecular weight excluding hydrogens is 126 g/mol. The van der Waals surface area contributed by atoms with Crippen molar-refractivity contribution in [3.05, 3.63) is 0 Å². The van der Waals surface area contributed by atoms with Gasteiger partial charge >= 0.3 is 5.97 Å². The monoisotopic (exact) mass is 135 g/mol. The van der Waals surface area contributed by atoms with Crippen molar-refractivity contribution in [1.82, 2.24) is 0 Å². The topological polar surface area (TPSA) is 80.4 Å². The summed E-state index contributed by atoms with van der Waals surface area (Å²) in [7, 11) is 0. The standard InChI is InChI=1S/C5H9NO3/c6-3-4(7)1-2-5(8)9/h1-3,6H2,(H,8,9)/i1+1,2+1,3+1,4+1. The van der Waals surface area contributed by atoms with E-state index in [0.717, 1.165) is 0 Å². The van der Waals surface area contributed by atoms with E-state index < -0.39 is 5.97 Å². The summed E-state index contributed by atoms with van der Waals surface area (Å²) in [4.78, 5) is 20.2. The molecular formula is C5H9NO3. The molecule has 0 spiro atoms. The first-order valence-corrected chi connectivity index (χ1v) is 2.60. The van der Waals surface area contributed by atoms with Gasteiger partial charge in [0.25, 0.3) is 0 Å². The molecule has 0 aromatic rings. The predicted octanol–water partition coefficient (Wildman–Crippen LogP) is -0.621. The van der Waals surface area contributed by atoms with Crippen molar-refractivity contribution >= 4 is 11.8 Å². The maximum absolute atomic E-state index is 10.3. The number of ketones is 1. The summed E-state index contributed by atoms with van der Waals surface area (Å²) >= 11 is 0. The number of hydrogen-bond donors (Lipinski definition) is 2. The van der Waals surface area contributed by atoms with Crippen molar-refractivity contribution < 1.29 is 14.7 Å². The van der Waals surface area contributed by atoms with Gasteiger partial charge in [-0.3, -0.25) is 9.59 Å². The van der Waals surface area contributed by atoms with Gasteiger partial charge in [-0.15, -0.1) is 0 Å².